The van der Waals surface area contributed by atoms with Crippen molar-refractivity contribution >= 4 is 74.0 Å². The van der Waals surface area contributed by atoms with Gasteiger partial charge in [-0.05, 0) is 61.0 Å². The van der Waals surface area contributed by atoms with E-state index in [1.807, 2.05) is 115 Å². The van der Waals surface area contributed by atoms with Crippen LogP contribution in [0, 0.1) is 0 Å². The first-order valence-corrected chi connectivity index (χ1v) is 16.6. The van der Waals surface area contributed by atoms with E-state index in [4.69, 9.17) is 0 Å². The van der Waals surface area contributed by atoms with E-state index in [9.17, 15) is 14.4 Å². The normalized spacial score (nSPS) is 12.3. The van der Waals surface area contributed by atoms with Crippen LogP contribution in [0.25, 0.3) is 38.8 Å². The fourth-order valence-electron chi connectivity index (χ4n) is 5.93. The zero-order valence-corrected chi connectivity index (χ0v) is 27.0. The Morgan fingerprint density at radius 3 is 2.12 bits per heavy atom. The number of H-pyrrole nitrogens is 1. The molecule has 8 heteroatoms. The topological polar surface area (TPSA) is 96.0 Å². The van der Waals surface area contributed by atoms with Gasteiger partial charge in [0.25, 0.3) is 11.8 Å². The van der Waals surface area contributed by atoms with Crippen molar-refractivity contribution in [3.05, 3.63) is 150 Å². The number of anilines is 1. The minimum atomic E-state index is -0.472. The third kappa shape index (κ3) is 6.13. The van der Waals surface area contributed by atoms with E-state index in [0.29, 0.717) is 17.7 Å². The molecule has 0 spiro atoms. The summed E-state index contributed by atoms with van der Waals surface area (Å²) in [4.78, 5) is 45.1. The maximum atomic E-state index is 14.1. The standard InChI is InChI=1S/C40H32N4O3S/c1-2-37(40(47)44-35-21-10-7-18-31(35)32-19-8-11-22-36(32)44)48-29-16-12-15-28(24-29)42-39(46)34(43-38(45)26-13-4-3-5-14-26)23-27-25-41-33-20-9-6-17-30(27)33/h3-25,37,41H,2H2,1H3,(H,42,46)(H,43,45)/b34-23+. The lowest BCUT2D eigenvalue weighted by molar-refractivity contribution is -0.113. The second kappa shape index (κ2) is 13.5. The molecule has 0 bridgehead atoms. The van der Waals surface area contributed by atoms with Crippen molar-refractivity contribution in [2.45, 2.75) is 23.5 Å². The van der Waals surface area contributed by atoms with E-state index in [1.54, 1.807) is 36.4 Å². The molecular weight excluding hydrogens is 617 g/mol. The molecule has 0 saturated carbocycles. The van der Waals surface area contributed by atoms with Crippen molar-refractivity contribution in [2.24, 2.45) is 0 Å². The highest BCUT2D eigenvalue weighted by Gasteiger charge is 2.24. The zero-order chi connectivity index (χ0) is 33.0. The number of fused-ring (bicyclic) bond motifs is 4. The first kappa shape index (κ1) is 30.8. The Labute approximate surface area is 281 Å². The first-order valence-electron chi connectivity index (χ1n) is 15.7. The molecule has 0 aliphatic carbocycles. The minimum absolute atomic E-state index is 0.00177. The van der Waals surface area contributed by atoms with Crippen LogP contribution in [0.2, 0.25) is 0 Å². The molecule has 0 radical (unpaired) electrons. The number of thioether (sulfide) groups is 1. The highest BCUT2D eigenvalue weighted by atomic mass is 32.2. The summed E-state index contributed by atoms with van der Waals surface area (Å²) < 4.78 is 1.83. The molecule has 1 atom stereocenters. The number of rotatable bonds is 9. The van der Waals surface area contributed by atoms with Crippen LogP contribution in [0.4, 0.5) is 5.69 Å². The Morgan fingerprint density at radius 1 is 0.771 bits per heavy atom. The van der Waals surface area contributed by atoms with Gasteiger partial charge in [-0.2, -0.15) is 0 Å². The largest absolute Gasteiger partial charge is 0.361 e. The van der Waals surface area contributed by atoms with Gasteiger partial charge in [-0.15, -0.1) is 11.8 Å². The van der Waals surface area contributed by atoms with E-state index < -0.39 is 11.8 Å². The van der Waals surface area contributed by atoms with Crippen LogP contribution in [0.5, 0.6) is 0 Å². The summed E-state index contributed by atoms with van der Waals surface area (Å²) in [6, 6.07) is 39.9. The molecule has 5 aromatic carbocycles. The first-order chi connectivity index (χ1) is 23.5. The molecule has 7 rings (SSSR count). The SMILES string of the molecule is CCC(Sc1cccc(NC(=O)/C(=C\c2c[nH]c3ccccc23)NC(=O)c2ccccc2)c1)C(=O)n1c2ccccc2c2ccccc21. The maximum Gasteiger partial charge on any atom is 0.272 e. The fraction of sp³-hybridized carbons (Fsp3) is 0.0750. The van der Waals surface area contributed by atoms with Gasteiger partial charge in [0.2, 0.25) is 5.91 Å². The lowest BCUT2D eigenvalue weighted by Gasteiger charge is -2.17. The molecule has 48 heavy (non-hydrogen) atoms. The molecule has 0 aliphatic rings. The van der Waals surface area contributed by atoms with Gasteiger partial charge in [-0.25, -0.2) is 0 Å². The van der Waals surface area contributed by atoms with Crippen molar-refractivity contribution < 1.29 is 14.4 Å². The van der Waals surface area contributed by atoms with Gasteiger partial charge >= 0.3 is 0 Å². The number of aromatic amines is 1. The number of hydrogen-bond donors (Lipinski definition) is 3. The predicted octanol–water partition coefficient (Wildman–Crippen LogP) is 8.90. The average Bonchev–Trinajstić information content (AvgIpc) is 3.69. The third-order valence-corrected chi connectivity index (χ3v) is 9.61. The highest BCUT2D eigenvalue weighted by molar-refractivity contribution is 8.00. The van der Waals surface area contributed by atoms with Crippen molar-refractivity contribution in [1.82, 2.24) is 14.9 Å². The summed E-state index contributed by atoms with van der Waals surface area (Å²) in [5.41, 5.74) is 4.53. The van der Waals surface area contributed by atoms with Crippen LogP contribution in [0.1, 0.15) is 34.1 Å². The van der Waals surface area contributed by atoms with Gasteiger partial charge in [-0.3, -0.25) is 19.0 Å². The molecule has 2 aromatic heterocycles. The monoisotopic (exact) mass is 648 g/mol. The maximum absolute atomic E-state index is 14.1. The molecule has 1 unspecified atom stereocenters. The van der Waals surface area contributed by atoms with Crippen molar-refractivity contribution in [1.29, 1.82) is 0 Å². The minimum Gasteiger partial charge on any atom is -0.361 e. The van der Waals surface area contributed by atoms with Crippen LogP contribution in [0.15, 0.2) is 144 Å². The van der Waals surface area contributed by atoms with E-state index in [0.717, 1.165) is 43.2 Å². The van der Waals surface area contributed by atoms with Crippen LogP contribution in [0.3, 0.4) is 0 Å². The van der Waals surface area contributed by atoms with Crippen LogP contribution < -0.4 is 10.6 Å². The molecule has 7 nitrogen and oxygen atoms in total. The van der Waals surface area contributed by atoms with Gasteiger partial charge in [0.1, 0.15) is 5.70 Å². The molecule has 7 aromatic rings. The van der Waals surface area contributed by atoms with Gasteiger partial charge in [0, 0.05) is 49.6 Å². The number of aromatic nitrogens is 2. The number of para-hydroxylation sites is 3. The average molecular weight is 649 g/mol. The summed E-state index contributed by atoms with van der Waals surface area (Å²) in [6.45, 7) is 2.01. The molecule has 3 N–H and O–H groups in total. The van der Waals surface area contributed by atoms with Crippen molar-refractivity contribution in [2.75, 3.05) is 5.32 Å². The number of carbonyl (C=O) groups excluding carboxylic acids is 3. The van der Waals surface area contributed by atoms with Gasteiger partial charge in [-0.1, -0.05) is 85.8 Å². The van der Waals surface area contributed by atoms with E-state index in [2.05, 4.69) is 15.6 Å². The van der Waals surface area contributed by atoms with Gasteiger partial charge < -0.3 is 15.6 Å². The number of amides is 2. The Bertz CT molecular complexity index is 2280. The molecular formula is C40H32N4O3S. The van der Waals surface area contributed by atoms with E-state index in [1.165, 1.54) is 11.8 Å². The Morgan fingerprint density at radius 2 is 1.42 bits per heavy atom. The summed E-state index contributed by atoms with van der Waals surface area (Å²) in [7, 11) is 0. The second-order valence-electron chi connectivity index (χ2n) is 11.4. The van der Waals surface area contributed by atoms with Crippen LogP contribution >= 0.6 is 11.8 Å². The molecule has 0 aliphatic heterocycles. The number of carbonyl (C=O) groups is 3. The smallest absolute Gasteiger partial charge is 0.272 e. The number of nitrogens with zero attached hydrogens (tertiary/aromatic N) is 1. The molecule has 0 saturated heterocycles. The van der Waals surface area contributed by atoms with Crippen LogP contribution in [-0.2, 0) is 4.79 Å². The lowest BCUT2D eigenvalue weighted by Crippen LogP contribution is -2.30. The van der Waals surface area contributed by atoms with E-state index in [-0.39, 0.29) is 16.9 Å². The number of hydrogen-bond acceptors (Lipinski definition) is 4. The van der Waals surface area contributed by atoms with Crippen LogP contribution in [-0.4, -0.2) is 32.5 Å². The highest BCUT2D eigenvalue weighted by Crippen LogP contribution is 2.33. The number of benzene rings is 5. The fourth-order valence-corrected chi connectivity index (χ4v) is 6.99. The summed E-state index contributed by atoms with van der Waals surface area (Å²) >= 11 is 1.46. The third-order valence-electron chi connectivity index (χ3n) is 8.27. The lowest BCUT2D eigenvalue weighted by atomic mass is 10.1. The Balaban J connectivity index is 1.15. The van der Waals surface area contributed by atoms with Crippen molar-refractivity contribution in [3.8, 4) is 0 Å². The van der Waals surface area contributed by atoms with Crippen molar-refractivity contribution in [3.63, 3.8) is 0 Å². The van der Waals surface area contributed by atoms with Gasteiger partial charge in [0.05, 0.1) is 16.3 Å². The second-order valence-corrected chi connectivity index (χ2v) is 12.6. The molecule has 236 valence electrons. The molecule has 0 fully saturated rings. The predicted molar refractivity (Wildman–Crippen MR) is 195 cm³/mol. The van der Waals surface area contributed by atoms with E-state index >= 15 is 0 Å². The quantitative estimate of drug-likeness (QED) is 0.108. The van der Waals surface area contributed by atoms with Gasteiger partial charge in [0.15, 0.2) is 0 Å². The summed E-state index contributed by atoms with van der Waals surface area (Å²) in [5.74, 6) is -0.863. The Hall–Kier alpha value is -5.86. The summed E-state index contributed by atoms with van der Waals surface area (Å²) in [6.07, 6.45) is 4.10. The zero-order valence-electron chi connectivity index (χ0n) is 26.1. The molecule has 2 amide bonds. The summed E-state index contributed by atoms with van der Waals surface area (Å²) in [5, 5.41) is 8.42. The number of nitrogens with one attached hydrogen (secondary N) is 3. The Kier molecular flexibility index (Phi) is 8.64. The molecule has 2 heterocycles.